The second-order valence-electron chi connectivity index (χ2n) is 6.01. The molecule has 17 heavy (non-hydrogen) atoms. The van der Waals surface area contributed by atoms with Crippen molar-refractivity contribution in [2.75, 3.05) is 0 Å². The molecule has 1 nitrogen and oxygen atoms in total. The van der Waals surface area contributed by atoms with Gasteiger partial charge >= 0.3 is 0 Å². The Morgan fingerprint density at radius 3 is 2.29 bits per heavy atom. The molecule has 0 bridgehead atoms. The molecule has 1 saturated carbocycles. The third-order valence-electron chi connectivity index (χ3n) is 4.52. The molecule has 2 rings (SSSR count). The van der Waals surface area contributed by atoms with E-state index in [-0.39, 0.29) is 10.8 Å². The minimum Gasteiger partial charge on any atom is -0.309 e. The van der Waals surface area contributed by atoms with Crippen LogP contribution in [0.1, 0.15) is 33.3 Å². The molecule has 0 heterocycles. The predicted octanol–water partition coefficient (Wildman–Crippen LogP) is 4.00. The highest BCUT2D eigenvalue weighted by Crippen LogP contribution is 2.62. The number of hydrogen-bond acceptors (Lipinski definition) is 1. The Bertz CT molecular complexity index is 426. The summed E-state index contributed by atoms with van der Waals surface area (Å²) in [5.74, 6) is -0.359. The van der Waals surface area contributed by atoms with Crippen LogP contribution < -0.4 is 5.32 Å². The van der Waals surface area contributed by atoms with E-state index in [0.717, 1.165) is 12.1 Å². The highest BCUT2D eigenvalue weighted by atomic mass is 35.5. The highest BCUT2D eigenvalue weighted by Gasteiger charge is 2.64. The molecule has 3 heteroatoms. The Morgan fingerprint density at radius 1 is 1.24 bits per heavy atom. The van der Waals surface area contributed by atoms with E-state index in [4.69, 9.17) is 11.6 Å². The fourth-order valence-corrected chi connectivity index (χ4v) is 2.78. The molecule has 0 atom stereocenters. The van der Waals surface area contributed by atoms with Crippen molar-refractivity contribution in [2.45, 2.75) is 40.3 Å². The van der Waals surface area contributed by atoms with Crippen molar-refractivity contribution in [2.24, 2.45) is 10.8 Å². The number of benzene rings is 1. The maximum Gasteiger partial charge on any atom is 0.141 e. The summed E-state index contributed by atoms with van der Waals surface area (Å²) in [6.45, 7) is 9.80. The van der Waals surface area contributed by atoms with E-state index in [1.165, 1.54) is 6.07 Å². The molecular weight excluding hydrogens is 237 g/mol. The van der Waals surface area contributed by atoms with Crippen molar-refractivity contribution in [1.29, 1.82) is 0 Å². The van der Waals surface area contributed by atoms with Crippen molar-refractivity contribution in [1.82, 2.24) is 5.32 Å². The van der Waals surface area contributed by atoms with E-state index in [0.29, 0.717) is 16.9 Å². The van der Waals surface area contributed by atoms with Gasteiger partial charge in [-0.2, -0.15) is 0 Å². The Hall–Kier alpha value is -0.600. The van der Waals surface area contributed by atoms with Crippen LogP contribution in [0.3, 0.4) is 0 Å². The van der Waals surface area contributed by atoms with Crippen molar-refractivity contribution in [3.63, 3.8) is 0 Å². The quantitative estimate of drug-likeness (QED) is 0.861. The Labute approximate surface area is 107 Å². The zero-order valence-electron chi connectivity index (χ0n) is 10.8. The molecule has 94 valence electrons. The lowest BCUT2D eigenvalue weighted by molar-refractivity contribution is 0.457. The van der Waals surface area contributed by atoms with E-state index in [1.54, 1.807) is 12.1 Å². The largest absolute Gasteiger partial charge is 0.309 e. The fraction of sp³-hybridized carbons (Fsp3) is 0.571. The second-order valence-corrected chi connectivity index (χ2v) is 6.41. The van der Waals surface area contributed by atoms with E-state index in [1.807, 2.05) is 0 Å². The Morgan fingerprint density at radius 2 is 1.82 bits per heavy atom. The molecule has 1 aromatic carbocycles. The lowest BCUT2D eigenvalue weighted by Gasteiger charge is -2.07. The van der Waals surface area contributed by atoms with E-state index in [9.17, 15) is 4.39 Å². The standard InChI is InChI=1S/C14H19ClFN/c1-13(2)12(14(13,3)4)17-8-9-5-6-11(16)10(15)7-9/h5-7,12,17H,8H2,1-4H3. The SMILES string of the molecule is CC1(C)C(NCc2ccc(F)c(Cl)c2)C1(C)C. The van der Waals surface area contributed by atoms with Crippen molar-refractivity contribution < 1.29 is 4.39 Å². The maximum atomic E-state index is 13.0. The van der Waals surface area contributed by atoms with Gasteiger partial charge in [0.2, 0.25) is 0 Å². The van der Waals surface area contributed by atoms with Crippen molar-refractivity contribution >= 4 is 11.6 Å². The molecule has 1 aliphatic rings. The molecule has 1 N–H and O–H groups in total. The zero-order valence-corrected chi connectivity index (χ0v) is 11.5. The number of halogens is 2. The number of rotatable bonds is 3. The molecule has 0 unspecified atom stereocenters. The van der Waals surface area contributed by atoms with Crippen LogP contribution in [0.5, 0.6) is 0 Å². The lowest BCUT2D eigenvalue weighted by Crippen LogP contribution is -2.21. The summed E-state index contributed by atoms with van der Waals surface area (Å²) < 4.78 is 13.0. The van der Waals surface area contributed by atoms with Gasteiger partial charge in [-0.3, -0.25) is 0 Å². The molecule has 0 aromatic heterocycles. The van der Waals surface area contributed by atoms with Gasteiger partial charge in [0.05, 0.1) is 5.02 Å². The Balaban J connectivity index is 1.98. The summed E-state index contributed by atoms with van der Waals surface area (Å²) in [6, 6.07) is 5.38. The van der Waals surface area contributed by atoms with Gasteiger partial charge in [-0.15, -0.1) is 0 Å². The molecule has 0 radical (unpaired) electrons. The van der Waals surface area contributed by atoms with Gasteiger partial charge in [0.1, 0.15) is 5.82 Å². The monoisotopic (exact) mass is 255 g/mol. The van der Waals surface area contributed by atoms with Gasteiger partial charge in [-0.05, 0) is 28.5 Å². The fourth-order valence-electron chi connectivity index (χ4n) is 2.58. The van der Waals surface area contributed by atoms with Crippen LogP contribution in [0.2, 0.25) is 5.02 Å². The molecule has 0 aliphatic heterocycles. The summed E-state index contributed by atoms with van der Waals surface area (Å²) in [4.78, 5) is 0. The summed E-state index contributed by atoms with van der Waals surface area (Å²) in [7, 11) is 0. The topological polar surface area (TPSA) is 12.0 Å². The highest BCUT2D eigenvalue weighted by molar-refractivity contribution is 6.30. The molecule has 0 spiro atoms. The molecule has 1 aliphatic carbocycles. The summed E-state index contributed by atoms with van der Waals surface area (Å²) >= 11 is 5.75. The first kappa shape index (κ1) is 12.8. The number of nitrogens with one attached hydrogen (secondary N) is 1. The third kappa shape index (κ3) is 2.09. The third-order valence-corrected chi connectivity index (χ3v) is 4.80. The molecular formula is C14H19ClFN. The molecule has 1 aromatic rings. The minimum absolute atomic E-state index is 0.193. The van der Waals surface area contributed by atoms with Crippen LogP contribution in [0.4, 0.5) is 4.39 Å². The molecule has 0 amide bonds. The van der Waals surface area contributed by atoms with E-state index in [2.05, 4.69) is 33.0 Å². The first-order valence-electron chi connectivity index (χ1n) is 5.94. The molecule has 1 fully saturated rings. The first-order chi connectivity index (χ1) is 7.76. The van der Waals surface area contributed by atoms with Gasteiger partial charge in [-0.1, -0.05) is 45.4 Å². The van der Waals surface area contributed by atoms with Gasteiger partial charge in [0.25, 0.3) is 0 Å². The number of hydrogen-bond donors (Lipinski definition) is 1. The van der Waals surface area contributed by atoms with Crippen LogP contribution in [-0.2, 0) is 6.54 Å². The van der Waals surface area contributed by atoms with Crippen LogP contribution in [0, 0.1) is 16.6 Å². The maximum absolute atomic E-state index is 13.0. The summed E-state index contributed by atoms with van der Waals surface area (Å²) in [5, 5.41) is 3.71. The minimum atomic E-state index is -0.359. The van der Waals surface area contributed by atoms with Gasteiger partial charge in [-0.25, -0.2) is 4.39 Å². The Kier molecular flexibility index (Phi) is 2.99. The van der Waals surface area contributed by atoms with Crippen LogP contribution >= 0.6 is 11.6 Å². The first-order valence-corrected chi connectivity index (χ1v) is 6.32. The average Bonchev–Trinajstić information content (AvgIpc) is 2.61. The van der Waals surface area contributed by atoms with Crippen LogP contribution in [0.25, 0.3) is 0 Å². The van der Waals surface area contributed by atoms with Crippen molar-refractivity contribution in [3.05, 3.63) is 34.6 Å². The van der Waals surface area contributed by atoms with Crippen molar-refractivity contribution in [3.8, 4) is 0 Å². The smallest absolute Gasteiger partial charge is 0.141 e. The van der Waals surface area contributed by atoms with Crippen LogP contribution in [0.15, 0.2) is 18.2 Å². The average molecular weight is 256 g/mol. The summed E-state index contributed by atoms with van der Waals surface area (Å²) in [5.41, 5.74) is 1.66. The lowest BCUT2D eigenvalue weighted by atomic mass is 10.0. The second kappa shape index (κ2) is 3.96. The zero-order chi connectivity index (χ0) is 12.8. The van der Waals surface area contributed by atoms with Crippen LogP contribution in [-0.4, -0.2) is 6.04 Å². The summed E-state index contributed by atoms with van der Waals surface area (Å²) in [6.07, 6.45) is 0. The van der Waals surface area contributed by atoms with Gasteiger partial charge < -0.3 is 5.32 Å². The van der Waals surface area contributed by atoms with Gasteiger partial charge in [0.15, 0.2) is 0 Å². The van der Waals surface area contributed by atoms with E-state index >= 15 is 0 Å². The van der Waals surface area contributed by atoms with E-state index < -0.39 is 0 Å². The normalized spacial score (nSPS) is 21.5. The predicted molar refractivity (Wildman–Crippen MR) is 69.6 cm³/mol. The molecule has 0 saturated heterocycles. The van der Waals surface area contributed by atoms with Gasteiger partial charge in [0, 0.05) is 12.6 Å².